The van der Waals surface area contributed by atoms with Gasteiger partial charge in [0.2, 0.25) is 0 Å². The third-order valence-corrected chi connectivity index (χ3v) is 2.86. The second kappa shape index (κ2) is 3.85. The zero-order chi connectivity index (χ0) is 12.7. The number of amides is 1. The second-order valence-electron chi connectivity index (χ2n) is 3.68. The molecule has 1 aromatic carbocycles. The van der Waals surface area contributed by atoms with Gasteiger partial charge >= 0.3 is 5.97 Å². The first-order valence-electron chi connectivity index (χ1n) is 4.83. The Hall–Kier alpha value is -1.88. The molecule has 0 saturated heterocycles. The molecule has 1 amide bonds. The number of hydrogen-bond acceptors (Lipinski definition) is 3. The van der Waals surface area contributed by atoms with Crippen molar-refractivity contribution in [2.24, 2.45) is 0 Å². The van der Waals surface area contributed by atoms with Gasteiger partial charge in [0.25, 0.3) is 11.7 Å². The zero-order valence-electron chi connectivity index (χ0n) is 8.81. The summed E-state index contributed by atoms with van der Waals surface area (Å²) in [7, 11) is 0. The van der Waals surface area contributed by atoms with Crippen molar-refractivity contribution < 1.29 is 19.5 Å². The van der Waals surface area contributed by atoms with Gasteiger partial charge in [0.05, 0.1) is 11.3 Å². The number of nitrogens with zero attached hydrogens (tertiary/aromatic N) is 1. The third kappa shape index (κ3) is 1.68. The highest BCUT2D eigenvalue weighted by atomic mass is 35.5. The number of hydrogen-bond donors (Lipinski definition) is 1. The number of fused-ring (bicyclic) bond motifs is 1. The van der Waals surface area contributed by atoms with E-state index in [9.17, 15) is 14.4 Å². The molecule has 0 aromatic heterocycles. The third-order valence-electron chi connectivity index (χ3n) is 2.62. The minimum atomic E-state index is -1.18. The normalized spacial score (nSPS) is 16.0. The number of anilines is 1. The number of aliphatic carboxylic acids is 1. The largest absolute Gasteiger partial charge is 0.480 e. The molecule has 5 nitrogen and oxygen atoms in total. The van der Waals surface area contributed by atoms with Gasteiger partial charge in [-0.3, -0.25) is 14.5 Å². The molecular weight excluding hydrogens is 246 g/mol. The fraction of sp³-hybridized carbons (Fsp3) is 0.182. The molecule has 88 valence electrons. The van der Waals surface area contributed by atoms with Gasteiger partial charge < -0.3 is 5.11 Å². The number of carbonyl (C=O) groups is 3. The minimum Gasteiger partial charge on any atom is -0.480 e. The highest BCUT2D eigenvalue weighted by molar-refractivity contribution is 6.53. The Kier molecular flexibility index (Phi) is 2.63. The maximum absolute atomic E-state index is 11.7. The Labute approximate surface area is 102 Å². The number of Topliss-reactive ketones (excluding diaryl/α,β-unsaturated/α-hetero) is 1. The molecule has 1 atom stereocenters. The zero-order valence-corrected chi connectivity index (χ0v) is 9.56. The minimum absolute atomic E-state index is 0.188. The number of carbonyl (C=O) groups excluding carboxylic acids is 2. The van der Waals surface area contributed by atoms with Crippen LogP contribution in [0.5, 0.6) is 0 Å². The van der Waals surface area contributed by atoms with Gasteiger partial charge in [-0.05, 0) is 25.1 Å². The van der Waals surface area contributed by atoms with E-state index in [1.807, 2.05) is 0 Å². The van der Waals surface area contributed by atoms with Crippen LogP contribution in [0.1, 0.15) is 17.3 Å². The maximum atomic E-state index is 11.7. The van der Waals surface area contributed by atoms with E-state index in [4.69, 9.17) is 16.7 Å². The molecule has 1 N–H and O–H groups in total. The summed E-state index contributed by atoms with van der Waals surface area (Å²) in [5.74, 6) is -2.72. The first-order valence-corrected chi connectivity index (χ1v) is 5.21. The lowest BCUT2D eigenvalue weighted by atomic mass is 10.1. The summed E-state index contributed by atoms with van der Waals surface area (Å²) in [5, 5.41) is 9.24. The van der Waals surface area contributed by atoms with Crippen molar-refractivity contribution in [1.29, 1.82) is 0 Å². The van der Waals surface area contributed by atoms with E-state index in [0.29, 0.717) is 5.02 Å². The molecule has 0 saturated carbocycles. The molecule has 6 heteroatoms. The van der Waals surface area contributed by atoms with Gasteiger partial charge in [-0.15, -0.1) is 0 Å². The SMILES string of the molecule is CC(C(=O)O)N1C(=O)C(=O)c2ccc(Cl)cc21. The van der Waals surface area contributed by atoms with Crippen LogP contribution in [-0.2, 0) is 9.59 Å². The number of ketones is 1. The molecular formula is C11H8ClNO4. The summed E-state index contributed by atoms with van der Waals surface area (Å²) in [5.41, 5.74) is 0.440. The van der Waals surface area contributed by atoms with E-state index >= 15 is 0 Å². The molecule has 1 aliphatic rings. The lowest BCUT2D eigenvalue weighted by molar-refractivity contribution is -0.139. The Morgan fingerprint density at radius 2 is 2.06 bits per heavy atom. The van der Waals surface area contributed by atoms with Crippen molar-refractivity contribution in [3.8, 4) is 0 Å². The Morgan fingerprint density at radius 3 is 2.65 bits per heavy atom. The monoisotopic (exact) mass is 253 g/mol. The van der Waals surface area contributed by atoms with E-state index in [1.165, 1.54) is 25.1 Å². The van der Waals surface area contributed by atoms with Gasteiger partial charge in [-0.25, -0.2) is 4.79 Å². The number of carboxylic acid groups (broad SMARTS) is 1. The highest BCUT2D eigenvalue weighted by Crippen LogP contribution is 2.32. The van der Waals surface area contributed by atoms with Crippen molar-refractivity contribution in [3.63, 3.8) is 0 Å². The van der Waals surface area contributed by atoms with Gasteiger partial charge in [0.1, 0.15) is 6.04 Å². The molecule has 0 bridgehead atoms. The standard InChI is InChI=1S/C11H8ClNO4/c1-5(11(16)17)13-8-4-6(12)2-3-7(8)9(14)10(13)15/h2-5H,1H3,(H,16,17). The fourth-order valence-electron chi connectivity index (χ4n) is 1.73. The van der Waals surface area contributed by atoms with Gasteiger partial charge in [0.15, 0.2) is 0 Å². The summed E-state index contributed by atoms with van der Waals surface area (Å²) in [4.78, 5) is 35.2. The summed E-state index contributed by atoms with van der Waals surface area (Å²) >= 11 is 5.77. The first kappa shape index (κ1) is 11.6. The molecule has 2 rings (SSSR count). The topological polar surface area (TPSA) is 74.7 Å². The smallest absolute Gasteiger partial charge is 0.326 e. The lowest BCUT2D eigenvalue weighted by Crippen LogP contribution is -2.42. The van der Waals surface area contributed by atoms with Crippen LogP contribution in [0.25, 0.3) is 0 Å². The van der Waals surface area contributed by atoms with Crippen LogP contribution in [0.4, 0.5) is 5.69 Å². The van der Waals surface area contributed by atoms with E-state index < -0.39 is 23.7 Å². The van der Waals surface area contributed by atoms with Crippen LogP contribution in [0.15, 0.2) is 18.2 Å². The van der Waals surface area contributed by atoms with E-state index in [1.54, 1.807) is 0 Å². The van der Waals surface area contributed by atoms with Crippen molar-refractivity contribution in [2.75, 3.05) is 4.90 Å². The molecule has 0 radical (unpaired) electrons. The molecule has 0 spiro atoms. The first-order chi connectivity index (χ1) is 7.93. The lowest BCUT2D eigenvalue weighted by Gasteiger charge is -2.20. The molecule has 17 heavy (non-hydrogen) atoms. The van der Waals surface area contributed by atoms with Crippen molar-refractivity contribution in [1.82, 2.24) is 0 Å². The number of rotatable bonds is 2. The molecule has 0 aliphatic carbocycles. The predicted octanol–water partition coefficient (Wildman–Crippen LogP) is 1.34. The predicted molar refractivity (Wildman–Crippen MR) is 60.4 cm³/mol. The quantitative estimate of drug-likeness (QED) is 0.807. The highest BCUT2D eigenvalue weighted by Gasteiger charge is 2.40. The molecule has 1 heterocycles. The maximum Gasteiger partial charge on any atom is 0.326 e. The van der Waals surface area contributed by atoms with Crippen molar-refractivity contribution in [2.45, 2.75) is 13.0 Å². The number of benzene rings is 1. The van der Waals surface area contributed by atoms with Gasteiger partial charge in [-0.2, -0.15) is 0 Å². The Bertz CT molecular complexity index is 540. The van der Waals surface area contributed by atoms with Crippen LogP contribution in [0.3, 0.4) is 0 Å². The molecule has 1 aromatic rings. The van der Waals surface area contributed by atoms with Crippen molar-refractivity contribution >= 4 is 34.9 Å². The van der Waals surface area contributed by atoms with Crippen molar-refractivity contribution in [3.05, 3.63) is 28.8 Å². The van der Waals surface area contributed by atoms with E-state index in [-0.39, 0.29) is 11.3 Å². The van der Waals surface area contributed by atoms with Crippen LogP contribution in [0, 0.1) is 0 Å². The molecule has 0 fully saturated rings. The van der Waals surface area contributed by atoms with Crippen LogP contribution >= 0.6 is 11.6 Å². The number of halogens is 1. The van der Waals surface area contributed by atoms with Crippen LogP contribution < -0.4 is 4.90 Å². The fourth-order valence-corrected chi connectivity index (χ4v) is 1.89. The molecule has 1 aliphatic heterocycles. The summed E-state index contributed by atoms with van der Waals surface area (Å²) in [6.07, 6.45) is 0. The van der Waals surface area contributed by atoms with Crippen LogP contribution in [-0.4, -0.2) is 28.8 Å². The van der Waals surface area contributed by atoms with Gasteiger partial charge in [0, 0.05) is 5.02 Å². The second-order valence-corrected chi connectivity index (χ2v) is 4.12. The summed E-state index contributed by atoms with van der Waals surface area (Å²) in [6.45, 7) is 1.34. The van der Waals surface area contributed by atoms with Gasteiger partial charge in [-0.1, -0.05) is 11.6 Å². The Morgan fingerprint density at radius 1 is 1.41 bits per heavy atom. The molecule has 1 unspecified atom stereocenters. The average Bonchev–Trinajstić information content (AvgIpc) is 2.50. The summed E-state index contributed by atoms with van der Waals surface area (Å²) in [6, 6.07) is 3.22. The van der Waals surface area contributed by atoms with Crippen LogP contribution in [0.2, 0.25) is 5.02 Å². The summed E-state index contributed by atoms with van der Waals surface area (Å²) < 4.78 is 0. The Balaban J connectivity index is 2.57. The number of carboxylic acids is 1. The van der Waals surface area contributed by atoms with E-state index in [0.717, 1.165) is 4.90 Å². The van der Waals surface area contributed by atoms with E-state index in [2.05, 4.69) is 0 Å². The average molecular weight is 254 g/mol.